The molecule has 1 aliphatic heterocycles. The van der Waals surface area contributed by atoms with Gasteiger partial charge in [-0.1, -0.05) is 0 Å². The molecule has 0 aliphatic carbocycles. The van der Waals surface area contributed by atoms with Crippen LogP contribution in [0.5, 0.6) is 0 Å². The predicted octanol–water partition coefficient (Wildman–Crippen LogP) is 0.678. The van der Waals surface area contributed by atoms with Crippen LogP contribution in [0.4, 0.5) is 4.79 Å². The Bertz CT molecular complexity index is 442. The monoisotopic (exact) mass is 253 g/mol. The lowest BCUT2D eigenvalue weighted by molar-refractivity contribution is -0.871. The van der Waals surface area contributed by atoms with Crippen molar-refractivity contribution in [1.82, 2.24) is 4.98 Å². The number of carbonyl (C=O) groups is 2. The molecule has 0 bridgehead atoms. The van der Waals surface area contributed by atoms with E-state index in [4.69, 9.17) is 14.6 Å². The van der Waals surface area contributed by atoms with Crippen molar-refractivity contribution >= 4 is 12.1 Å². The lowest BCUT2D eigenvalue weighted by Gasteiger charge is -2.24. The number of hydrogen-bond acceptors (Lipinski definition) is 5. The molecule has 1 fully saturated rings. The minimum absolute atomic E-state index is 0.0129. The van der Waals surface area contributed by atoms with Gasteiger partial charge in [0.2, 0.25) is 6.73 Å². The first-order valence-corrected chi connectivity index (χ1v) is 5.38. The molecule has 1 amide bonds. The standard InChI is InChI=1S/C11H12N2O5/c14-10(9-1-3-12-4-2-9)18-8-13(11(15)16)5-6-17-7-13/h1-4H,5-8H2/p+1. The van der Waals surface area contributed by atoms with Gasteiger partial charge in [-0.25, -0.2) is 4.79 Å². The van der Waals surface area contributed by atoms with Crippen molar-refractivity contribution in [3.63, 3.8) is 0 Å². The SMILES string of the molecule is O=C(OC[N+]1(C(=O)O)CCOC1)c1ccncc1. The number of amides is 1. The van der Waals surface area contributed by atoms with Crippen LogP contribution in [0.15, 0.2) is 24.5 Å². The topological polar surface area (TPSA) is 85.7 Å². The Balaban J connectivity index is 1.99. The Morgan fingerprint density at radius 3 is 2.72 bits per heavy atom. The van der Waals surface area contributed by atoms with E-state index in [0.717, 1.165) is 0 Å². The van der Waals surface area contributed by atoms with E-state index in [9.17, 15) is 9.59 Å². The van der Waals surface area contributed by atoms with E-state index in [-0.39, 0.29) is 13.5 Å². The van der Waals surface area contributed by atoms with Crippen molar-refractivity contribution in [2.45, 2.75) is 0 Å². The third-order valence-corrected chi connectivity index (χ3v) is 2.77. The largest absolute Gasteiger partial charge is 0.518 e. The molecule has 1 aliphatic rings. The summed E-state index contributed by atoms with van der Waals surface area (Å²) < 4.78 is 9.67. The number of nitrogens with zero attached hydrogens (tertiary/aromatic N) is 2. The van der Waals surface area contributed by atoms with Crippen LogP contribution in [0, 0.1) is 0 Å². The van der Waals surface area contributed by atoms with Gasteiger partial charge in [-0.3, -0.25) is 4.98 Å². The minimum atomic E-state index is -1.06. The molecule has 1 unspecified atom stereocenters. The fourth-order valence-corrected chi connectivity index (χ4v) is 1.60. The minimum Gasteiger partial charge on any atom is -0.435 e. The first-order valence-electron chi connectivity index (χ1n) is 5.38. The third-order valence-electron chi connectivity index (χ3n) is 2.77. The summed E-state index contributed by atoms with van der Waals surface area (Å²) in [5.41, 5.74) is 0.341. The van der Waals surface area contributed by atoms with Crippen LogP contribution in [0.3, 0.4) is 0 Å². The van der Waals surface area contributed by atoms with Crippen molar-refractivity contribution in [1.29, 1.82) is 0 Å². The van der Waals surface area contributed by atoms with Crippen LogP contribution in [0.2, 0.25) is 0 Å². The molecule has 96 valence electrons. The summed E-state index contributed by atoms with van der Waals surface area (Å²) in [7, 11) is 0. The molecule has 1 aromatic heterocycles. The molecule has 7 heteroatoms. The van der Waals surface area contributed by atoms with Crippen molar-refractivity contribution in [3.8, 4) is 0 Å². The van der Waals surface area contributed by atoms with E-state index >= 15 is 0 Å². The van der Waals surface area contributed by atoms with Crippen molar-refractivity contribution in [2.75, 3.05) is 26.6 Å². The van der Waals surface area contributed by atoms with Gasteiger partial charge >= 0.3 is 12.1 Å². The normalized spacial score (nSPS) is 22.7. The van der Waals surface area contributed by atoms with Crippen LogP contribution < -0.4 is 0 Å². The van der Waals surface area contributed by atoms with Gasteiger partial charge in [-0.05, 0) is 12.1 Å². The van der Waals surface area contributed by atoms with E-state index in [1.54, 1.807) is 0 Å². The molecule has 2 rings (SSSR count). The average Bonchev–Trinajstić information content (AvgIpc) is 2.87. The molecule has 1 saturated heterocycles. The predicted molar refractivity (Wildman–Crippen MR) is 58.5 cm³/mol. The first-order chi connectivity index (χ1) is 8.64. The summed E-state index contributed by atoms with van der Waals surface area (Å²) in [6.07, 6.45) is 1.88. The molecular weight excluding hydrogens is 240 g/mol. The van der Waals surface area contributed by atoms with Crippen molar-refractivity contribution in [3.05, 3.63) is 30.1 Å². The van der Waals surface area contributed by atoms with Crippen LogP contribution in [-0.2, 0) is 9.47 Å². The molecule has 1 aromatic rings. The van der Waals surface area contributed by atoms with E-state index < -0.39 is 16.5 Å². The van der Waals surface area contributed by atoms with Gasteiger partial charge in [0.25, 0.3) is 0 Å². The fourth-order valence-electron chi connectivity index (χ4n) is 1.60. The quantitative estimate of drug-likeness (QED) is 0.629. The van der Waals surface area contributed by atoms with Gasteiger partial charge in [0.1, 0.15) is 13.2 Å². The summed E-state index contributed by atoms with van der Waals surface area (Å²) in [6.45, 7) is 0.410. The number of carbonyl (C=O) groups excluding carboxylic acids is 1. The van der Waals surface area contributed by atoms with Gasteiger partial charge in [-0.15, -0.1) is 0 Å². The number of carboxylic acid groups (broad SMARTS) is 1. The van der Waals surface area contributed by atoms with E-state index in [1.165, 1.54) is 24.5 Å². The van der Waals surface area contributed by atoms with Gasteiger partial charge < -0.3 is 14.6 Å². The Hall–Kier alpha value is -1.99. The highest BCUT2D eigenvalue weighted by molar-refractivity contribution is 5.89. The lowest BCUT2D eigenvalue weighted by atomic mass is 10.3. The molecular formula is C11H13N2O5+. The molecule has 7 nitrogen and oxygen atoms in total. The van der Waals surface area contributed by atoms with Gasteiger partial charge in [0.05, 0.1) is 5.56 Å². The smallest absolute Gasteiger partial charge is 0.435 e. The molecule has 0 radical (unpaired) electrons. The highest BCUT2D eigenvalue weighted by atomic mass is 16.6. The van der Waals surface area contributed by atoms with Crippen LogP contribution in [0.1, 0.15) is 10.4 Å². The van der Waals surface area contributed by atoms with Gasteiger partial charge in [0, 0.05) is 12.4 Å². The average molecular weight is 253 g/mol. The maximum Gasteiger partial charge on any atom is 0.518 e. The highest BCUT2D eigenvalue weighted by Crippen LogP contribution is 2.15. The van der Waals surface area contributed by atoms with Crippen LogP contribution >= 0.6 is 0 Å². The molecule has 18 heavy (non-hydrogen) atoms. The summed E-state index contributed by atoms with van der Waals surface area (Å²) in [5.74, 6) is -0.567. The number of quaternary nitrogens is 1. The maximum absolute atomic E-state index is 11.7. The lowest BCUT2D eigenvalue weighted by Crippen LogP contribution is -2.51. The number of ether oxygens (including phenoxy) is 2. The maximum atomic E-state index is 11.7. The summed E-state index contributed by atoms with van der Waals surface area (Å²) in [4.78, 5) is 26.6. The van der Waals surface area contributed by atoms with E-state index in [1.807, 2.05) is 0 Å². The number of esters is 1. The van der Waals surface area contributed by atoms with Crippen molar-refractivity contribution < 1.29 is 28.7 Å². The number of aromatic nitrogens is 1. The molecule has 2 heterocycles. The Kier molecular flexibility index (Phi) is 3.54. The molecule has 0 aromatic carbocycles. The first kappa shape index (κ1) is 12.5. The van der Waals surface area contributed by atoms with Gasteiger partial charge in [0.15, 0.2) is 6.73 Å². The van der Waals surface area contributed by atoms with E-state index in [2.05, 4.69) is 4.98 Å². The number of rotatable bonds is 3. The van der Waals surface area contributed by atoms with Crippen LogP contribution in [0.25, 0.3) is 0 Å². The van der Waals surface area contributed by atoms with E-state index in [0.29, 0.717) is 18.7 Å². The zero-order chi connectivity index (χ0) is 13.0. The highest BCUT2D eigenvalue weighted by Gasteiger charge is 2.42. The summed E-state index contributed by atoms with van der Waals surface area (Å²) in [5, 5.41) is 9.14. The van der Waals surface area contributed by atoms with Crippen molar-refractivity contribution in [2.24, 2.45) is 0 Å². The number of hydrogen-bond donors (Lipinski definition) is 1. The van der Waals surface area contributed by atoms with Crippen LogP contribution in [-0.4, -0.2) is 53.2 Å². The van der Waals surface area contributed by atoms with Gasteiger partial charge in [-0.2, -0.15) is 9.28 Å². The fraction of sp³-hybridized carbons (Fsp3) is 0.364. The summed E-state index contributed by atoms with van der Waals surface area (Å²) in [6, 6.07) is 3.02. The molecule has 1 atom stereocenters. The Morgan fingerprint density at radius 1 is 1.44 bits per heavy atom. The Labute approximate surface area is 103 Å². The Morgan fingerprint density at radius 2 is 2.17 bits per heavy atom. The molecule has 0 saturated carbocycles. The third kappa shape index (κ3) is 2.47. The second-order valence-corrected chi connectivity index (χ2v) is 3.99. The zero-order valence-electron chi connectivity index (χ0n) is 9.61. The number of pyridine rings is 1. The summed E-state index contributed by atoms with van der Waals surface area (Å²) >= 11 is 0. The second-order valence-electron chi connectivity index (χ2n) is 3.99. The molecule has 0 spiro atoms. The second kappa shape index (κ2) is 5.11. The molecule has 1 N–H and O–H groups in total. The zero-order valence-corrected chi connectivity index (χ0v) is 9.61.